The standard InChI is InChI=1S/C24H20F3N3O2/c25-18-8-6-17(7-9-18)23(31)28-21-4-1-2-5-22(21)30-11-3-10-29(24(30)32)15-16-12-19(26)14-20(27)13-16/h1-2,4-9,12-14H,3,10-11,15H2,(H,28,31). The van der Waals surface area contributed by atoms with Crippen LogP contribution in [-0.2, 0) is 6.54 Å². The topological polar surface area (TPSA) is 52.7 Å². The smallest absolute Gasteiger partial charge is 0.320 e. The summed E-state index contributed by atoms with van der Waals surface area (Å²) >= 11 is 0. The van der Waals surface area contributed by atoms with Crippen molar-refractivity contribution < 1.29 is 22.8 Å². The molecule has 0 spiro atoms. The molecule has 32 heavy (non-hydrogen) atoms. The number of para-hydroxylation sites is 2. The van der Waals surface area contributed by atoms with Gasteiger partial charge in [-0.25, -0.2) is 18.0 Å². The van der Waals surface area contributed by atoms with Crippen LogP contribution in [0.15, 0.2) is 66.7 Å². The summed E-state index contributed by atoms with van der Waals surface area (Å²) in [6, 6.07) is 14.9. The van der Waals surface area contributed by atoms with Gasteiger partial charge in [0.15, 0.2) is 0 Å². The van der Waals surface area contributed by atoms with E-state index in [1.807, 2.05) is 0 Å². The van der Waals surface area contributed by atoms with Crippen LogP contribution in [0.5, 0.6) is 0 Å². The monoisotopic (exact) mass is 439 g/mol. The number of urea groups is 1. The van der Waals surface area contributed by atoms with Crippen LogP contribution >= 0.6 is 0 Å². The minimum atomic E-state index is -0.699. The zero-order chi connectivity index (χ0) is 22.7. The maximum atomic E-state index is 13.5. The molecule has 1 fully saturated rings. The van der Waals surface area contributed by atoms with Gasteiger partial charge in [-0.3, -0.25) is 9.69 Å². The summed E-state index contributed by atoms with van der Waals surface area (Å²) in [6.07, 6.45) is 0.643. The van der Waals surface area contributed by atoms with Gasteiger partial charge >= 0.3 is 6.03 Å². The Morgan fingerprint density at radius 3 is 2.28 bits per heavy atom. The fraction of sp³-hybridized carbons (Fsp3) is 0.167. The molecule has 1 aliphatic rings. The van der Waals surface area contributed by atoms with Crippen molar-refractivity contribution in [1.29, 1.82) is 0 Å². The second kappa shape index (κ2) is 9.13. The lowest BCUT2D eigenvalue weighted by Gasteiger charge is -2.36. The molecule has 0 saturated carbocycles. The summed E-state index contributed by atoms with van der Waals surface area (Å²) in [5.74, 6) is -2.28. The van der Waals surface area contributed by atoms with Crippen molar-refractivity contribution >= 4 is 23.3 Å². The van der Waals surface area contributed by atoms with Gasteiger partial charge in [-0.1, -0.05) is 12.1 Å². The highest BCUT2D eigenvalue weighted by Gasteiger charge is 2.28. The molecule has 0 aromatic heterocycles. The second-order valence-corrected chi connectivity index (χ2v) is 7.47. The lowest BCUT2D eigenvalue weighted by Crippen LogP contribution is -2.49. The number of carbonyl (C=O) groups is 2. The normalized spacial score (nSPS) is 13.9. The van der Waals surface area contributed by atoms with Crippen LogP contribution in [0.4, 0.5) is 29.3 Å². The molecule has 3 aromatic rings. The quantitative estimate of drug-likeness (QED) is 0.595. The zero-order valence-corrected chi connectivity index (χ0v) is 17.0. The molecule has 1 saturated heterocycles. The molecule has 8 heteroatoms. The number of anilines is 2. The van der Waals surface area contributed by atoms with Crippen LogP contribution in [0.3, 0.4) is 0 Å². The third kappa shape index (κ3) is 4.74. The van der Waals surface area contributed by atoms with E-state index in [9.17, 15) is 22.8 Å². The van der Waals surface area contributed by atoms with Gasteiger partial charge < -0.3 is 10.2 Å². The van der Waals surface area contributed by atoms with E-state index < -0.39 is 23.4 Å². The molecule has 1 aliphatic heterocycles. The van der Waals surface area contributed by atoms with Gasteiger partial charge in [0.25, 0.3) is 5.91 Å². The molecule has 164 valence electrons. The number of nitrogens with one attached hydrogen (secondary N) is 1. The first-order valence-electron chi connectivity index (χ1n) is 10.1. The molecule has 4 rings (SSSR count). The van der Waals surface area contributed by atoms with Crippen molar-refractivity contribution in [3.05, 3.63) is 95.3 Å². The molecule has 0 aliphatic carbocycles. The fourth-order valence-electron chi connectivity index (χ4n) is 3.68. The molecule has 3 amide bonds. The summed E-state index contributed by atoms with van der Waals surface area (Å²) in [5.41, 5.74) is 1.56. The SMILES string of the molecule is O=C(Nc1ccccc1N1CCCN(Cc2cc(F)cc(F)c2)C1=O)c1ccc(F)cc1. The van der Waals surface area contributed by atoms with Gasteiger partial charge in [-0.2, -0.15) is 0 Å². The number of rotatable bonds is 5. The molecule has 5 nitrogen and oxygen atoms in total. The van der Waals surface area contributed by atoms with Gasteiger partial charge in [0.1, 0.15) is 17.5 Å². The number of halogens is 3. The van der Waals surface area contributed by atoms with Crippen LogP contribution < -0.4 is 10.2 Å². The number of carbonyl (C=O) groups excluding carboxylic acids is 2. The first-order valence-corrected chi connectivity index (χ1v) is 10.1. The lowest BCUT2D eigenvalue weighted by molar-refractivity contribution is 0.102. The van der Waals surface area contributed by atoms with Crippen molar-refractivity contribution in [3.63, 3.8) is 0 Å². The maximum absolute atomic E-state index is 13.5. The predicted octanol–water partition coefficient (Wildman–Crippen LogP) is 5.19. The van der Waals surface area contributed by atoms with E-state index in [4.69, 9.17) is 0 Å². The molecule has 0 radical (unpaired) electrons. The molecular weight excluding hydrogens is 419 g/mol. The van der Waals surface area contributed by atoms with Gasteiger partial charge in [-0.05, 0) is 60.5 Å². The Morgan fingerprint density at radius 1 is 0.875 bits per heavy atom. The van der Waals surface area contributed by atoms with E-state index in [1.54, 1.807) is 24.3 Å². The second-order valence-electron chi connectivity index (χ2n) is 7.47. The highest BCUT2D eigenvalue weighted by atomic mass is 19.1. The van der Waals surface area contributed by atoms with Crippen LogP contribution in [0.25, 0.3) is 0 Å². The Hall–Kier alpha value is -3.81. The Balaban J connectivity index is 1.54. The van der Waals surface area contributed by atoms with Crippen LogP contribution in [0.2, 0.25) is 0 Å². The summed E-state index contributed by atoms with van der Waals surface area (Å²) in [7, 11) is 0. The summed E-state index contributed by atoms with van der Waals surface area (Å²) in [5, 5.41) is 2.77. The van der Waals surface area contributed by atoms with E-state index in [-0.39, 0.29) is 18.1 Å². The zero-order valence-electron chi connectivity index (χ0n) is 17.0. The summed E-state index contributed by atoms with van der Waals surface area (Å²) < 4.78 is 40.2. The molecule has 0 unspecified atom stereocenters. The molecule has 0 atom stereocenters. The van der Waals surface area contributed by atoms with Gasteiger partial charge in [0, 0.05) is 31.3 Å². The van der Waals surface area contributed by atoms with E-state index in [0.29, 0.717) is 36.4 Å². The number of amides is 3. The fourth-order valence-corrected chi connectivity index (χ4v) is 3.68. The van der Waals surface area contributed by atoms with Crippen molar-refractivity contribution in [2.45, 2.75) is 13.0 Å². The van der Waals surface area contributed by atoms with Gasteiger partial charge in [0.2, 0.25) is 0 Å². The molecule has 0 bridgehead atoms. The summed E-state index contributed by atoms with van der Waals surface area (Å²) in [4.78, 5) is 28.8. The van der Waals surface area contributed by atoms with Crippen molar-refractivity contribution in [2.24, 2.45) is 0 Å². The largest absolute Gasteiger partial charge is 0.324 e. The molecule has 1 N–H and O–H groups in total. The van der Waals surface area contributed by atoms with Crippen molar-refractivity contribution in [3.8, 4) is 0 Å². The van der Waals surface area contributed by atoms with E-state index >= 15 is 0 Å². The Morgan fingerprint density at radius 2 is 1.56 bits per heavy atom. The third-order valence-corrected chi connectivity index (χ3v) is 5.16. The lowest BCUT2D eigenvalue weighted by atomic mass is 10.1. The highest BCUT2D eigenvalue weighted by molar-refractivity contribution is 6.07. The average molecular weight is 439 g/mol. The number of benzene rings is 3. The van der Waals surface area contributed by atoms with Crippen LogP contribution in [0.1, 0.15) is 22.3 Å². The van der Waals surface area contributed by atoms with E-state index in [2.05, 4.69) is 5.32 Å². The third-order valence-electron chi connectivity index (χ3n) is 5.16. The number of nitrogens with zero attached hydrogens (tertiary/aromatic N) is 2. The Bertz CT molecular complexity index is 1130. The van der Waals surface area contributed by atoms with E-state index in [1.165, 1.54) is 46.2 Å². The first kappa shape index (κ1) is 21.4. The Kier molecular flexibility index (Phi) is 6.11. The number of hydrogen-bond donors (Lipinski definition) is 1. The molecular formula is C24H20F3N3O2. The van der Waals surface area contributed by atoms with Gasteiger partial charge in [-0.15, -0.1) is 0 Å². The van der Waals surface area contributed by atoms with Gasteiger partial charge in [0.05, 0.1) is 11.4 Å². The van der Waals surface area contributed by atoms with E-state index in [0.717, 1.165) is 6.07 Å². The van der Waals surface area contributed by atoms with Crippen molar-refractivity contribution in [2.75, 3.05) is 23.3 Å². The molecule has 3 aromatic carbocycles. The predicted molar refractivity (Wildman–Crippen MR) is 115 cm³/mol. The highest BCUT2D eigenvalue weighted by Crippen LogP contribution is 2.29. The maximum Gasteiger partial charge on any atom is 0.324 e. The average Bonchev–Trinajstić information content (AvgIpc) is 2.75. The minimum absolute atomic E-state index is 0.0636. The molecule has 1 heterocycles. The minimum Gasteiger partial charge on any atom is -0.320 e. The van der Waals surface area contributed by atoms with Crippen LogP contribution in [0, 0.1) is 17.5 Å². The van der Waals surface area contributed by atoms with Crippen molar-refractivity contribution in [1.82, 2.24) is 4.90 Å². The van der Waals surface area contributed by atoms with Crippen LogP contribution in [-0.4, -0.2) is 29.9 Å². The summed E-state index contributed by atoms with van der Waals surface area (Å²) in [6.45, 7) is 0.933. The Labute approximate surface area is 183 Å². The number of hydrogen-bond acceptors (Lipinski definition) is 2. The first-order chi connectivity index (χ1) is 15.4.